The summed E-state index contributed by atoms with van der Waals surface area (Å²) in [6.45, 7) is 6.19. The lowest BCUT2D eigenvalue weighted by Crippen LogP contribution is -2.24. The lowest BCUT2D eigenvalue weighted by atomic mass is 9.96. The molecule has 1 aliphatic carbocycles. The van der Waals surface area contributed by atoms with Crippen molar-refractivity contribution < 1.29 is 0 Å². The van der Waals surface area contributed by atoms with Crippen molar-refractivity contribution in [1.82, 2.24) is 24.8 Å². The van der Waals surface area contributed by atoms with E-state index in [0.29, 0.717) is 22.6 Å². The first kappa shape index (κ1) is 18.5. The standard InChI is InChI=1S/C18H25N7S2/c1-18(2,3)16-23-24-17(25(16)20)26-9-12-21-14(19)13-10-7-5-4-6-8-11(10)27-15(13)22-12/h4-9,20H2,1-3H3,(H2,19,21,22). The number of hydrogen-bond acceptors (Lipinski definition) is 8. The van der Waals surface area contributed by atoms with Crippen LogP contribution in [-0.2, 0) is 24.0 Å². The summed E-state index contributed by atoms with van der Waals surface area (Å²) in [5, 5.41) is 10.2. The monoisotopic (exact) mass is 403 g/mol. The van der Waals surface area contributed by atoms with E-state index in [0.717, 1.165) is 28.9 Å². The number of aromatic nitrogens is 5. The molecule has 4 N–H and O–H groups in total. The number of rotatable bonds is 3. The molecule has 0 aliphatic heterocycles. The summed E-state index contributed by atoms with van der Waals surface area (Å²) in [5.74, 6) is 8.78. The Bertz CT molecular complexity index is 984. The predicted octanol–water partition coefficient (Wildman–Crippen LogP) is 3.44. The number of thioether (sulfide) groups is 1. The molecule has 0 atom stereocenters. The zero-order valence-corrected chi connectivity index (χ0v) is 17.6. The van der Waals surface area contributed by atoms with Gasteiger partial charge in [-0.15, -0.1) is 21.5 Å². The normalized spacial score (nSPS) is 15.1. The predicted molar refractivity (Wildman–Crippen MR) is 112 cm³/mol. The van der Waals surface area contributed by atoms with Gasteiger partial charge >= 0.3 is 0 Å². The van der Waals surface area contributed by atoms with Crippen LogP contribution in [0.3, 0.4) is 0 Å². The van der Waals surface area contributed by atoms with E-state index in [1.807, 2.05) is 0 Å². The quantitative estimate of drug-likeness (QED) is 0.392. The van der Waals surface area contributed by atoms with E-state index >= 15 is 0 Å². The molecule has 0 bridgehead atoms. The Kier molecular flexibility index (Phi) is 4.75. The van der Waals surface area contributed by atoms with Crippen molar-refractivity contribution in [3.05, 3.63) is 22.1 Å². The van der Waals surface area contributed by atoms with Gasteiger partial charge in [0, 0.05) is 10.3 Å². The van der Waals surface area contributed by atoms with E-state index in [4.69, 9.17) is 16.6 Å². The number of thiophene rings is 1. The number of nitrogen functional groups attached to an aromatic ring is 2. The second kappa shape index (κ2) is 6.94. The van der Waals surface area contributed by atoms with Crippen LogP contribution in [0.1, 0.15) is 62.1 Å². The fourth-order valence-electron chi connectivity index (χ4n) is 3.49. The Hall–Kier alpha value is -1.87. The molecule has 144 valence electrons. The Balaban J connectivity index is 1.59. The topological polar surface area (TPSA) is 109 Å². The molecule has 0 amide bonds. The number of hydrogen-bond donors (Lipinski definition) is 2. The molecule has 4 rings (SSSR count). The SMILES string of the molecule is CC(C)(C)c1nnc(SCc2nc(N)c3c4c(sc3n2)CCCCC4)n1N. The van der Waals surface area contributed by atoms with Crippen molar-refractivity contribution in [2.45, 2.75) is 69.2 Å². The maximum atomic E-state index is 6.33. The molecular formula is C18H25N7S2. The zero-order valence-electron chi connectivity index (χ0n) is 15.9. The first-order valence-corrected chi connectivity index (χ1v) is 11.0. The Labute approximate surface area is 166 Å². The van der Waals surface area contributed by atoms with Gasteiger partial charge in [-0.2, -0.15) is 0 Å². The number of aryl methyl sites for hydroxylation is 2. The first-order valence-electron chi connectivity index (χ1n) is 9.25. The second-order valence-electron chi connectivity index (χ2n) is 7.98. The van der Waals surface area contributed by atoms with Crippen LogP contribution in [0, 0.1) is 0 Å². The van der Waals surface area contributed by atoms with Gasteiger partial charge in [0.1, 0.15) is 16.5 Å². The number of fused-ring (bicyclic) bond motifs is 3. The van der Waals surface area contributed by atoms with E-state index in [1.165, 1.54) is 41.5 Å². The third kappa shape index (κ3) is 3.50. The van der Waals surface area contributed by atoms with E-state index in [1.54, 1.807) is 16.0 Å². The minimum Gasteiger partial charge on any atom is -0.383 e. The molecular weight excluding hydrogens is 378 g/mol. The van der Waals surface area contributed by atoms with Crippen molar-refractivity contribution in [3.8, 4) is 0 Å². The Morgan fingerprint density at radius 2 is 1.89 bits per heavy atom. The van der Waals surface area contributed by atoms with Gasteiger partial charge in [-0.25, -0.2) is 14.6 Å². The highest BCUT2D eigenvalue weighted by Gasteiger charge is 2.23. The Morgan fingerprint density at radius 1 is 1.11 bits per heavy atom. The van der Waals surface area contributed by atoms with E-state index in [2.05, 4.69) is 36.0 Å². The molecule has 3 aromatic heterocycles. The van der Waals surface area contributed by atoms with Crippen molar-refractivity contribution in [2.75, 3.05) is 11.6 Å². The van der Waals surface area contributed by atoms with Crippen molar-refractivity contribution in [3.63, 3.8) is 0 Å². The van der Waals surface area contributed by atoms with Crippen LogP contribution in [-0.4, -0.2) is 24.8 Å². The summed E-state index contributed by atoms with van der Waals surface area (Å²) in [7, 11) is 0. The van der Waals surface area contributed by atoms with Crippen LogP contribution in [0.25, 0.3) is 10.2 Å². The molecule has 27 heavy (non-hydrogen) atoms. The molecule has 0 unspecified atom stereocenters. The average molecular weight is 404 g/mol. The van der Waals surface area contributed by atoms with Crippen LogP contribution in [0.4, 0.5) is 5.82 Å². The number of nitrogens with zero attached hydrogens (tertiary/aromatic N) is 5. The highest BCUT2D eigenvalue weighted by Crippen LogP contribution is 2.37. The average Bonchev–Trinajstić information content (AvgIpc) is 3.05. The molecule has 0 saturated heterocycles. The van der Waals surface area contributed by atoms with E-state index in [9.17, 15) is 0 Å². The zero-order chi connectivity index (χ0) is 19.2. The molecule has 0 spiro atoms. The highest BCUT2D eigenvalue weighted by molar-refractivity contribution is 7.98. The maximum absolute atomic E-state index is 6.33. The summed E-state index contributed by atoms with van der Waals surface area (Å²) < 4.78 is 1.56. The first-order chi connectivity index (χ1) is 12.8. The Morgan fingerprint density at radius 3 is 2.63 bits per heavy atom. The summed E-state index contributed by atoms with van der Waals surface area (Å²) in [6, 6.07) is 0. The fourth-order valence-corrected chi connectivity index (χ4v) is 5.49. The third-order valence-corrected chi connectivity index (χ3v) is 6.93. The van der Waals surface area contributed by atoms with Crippen LogP contribution in [0.5, 0.6) is 0 Å². The van der Waals surface area contributed by atoms with Crippen molar-refractivity contribution in [1.29, 1.82) is 0 Å². The molecule has 9 heteroatoms. The van der Waals surface area contributed by atoms with Crippen LogP contribution in [0.2, 0.25) is 0 Å². The number of nitrogens with two attached hydrogens (primary N) is 2. The van der Waals surface area contributed by atoms with Gasteiger partial charge in [0.25, 0.3) is 0 Å². The van der Waals surface area contributed by atoms with Gasteiger partial charge in [-0.3, -0.25) is 0 Å². The van der Waals surface area contributed by atoms with Crippen LogP contribution in [0.15, 0.2) is 5.16 Å². The fraction of sp³-hybridized carbons (Fsp3) is 0.556. The van der Waals surface area contributed by atoms with Gasteiger partial charge in [0.2, 0.25) is 5.16 Å². The minimum atomic E-state index is -0.158. The van der Waals surface area contributed by atoms with Gasteiger partial charge in [-0.1, -0.05) is 39.0 Å². The smallest absolute Gasteiger partial charge is 0.210 e. The van der Waals surface area contributed by atoms with E-state index < -0.39 is 0 Å². The summed E-state index contributed by atoms with van der Waals surface area (Å²) in [6.07, 6.45) is 5.97. The molecule has 0 saturated carbocycles. The summed E-state index contributed by atoms with van der Waals surface area (Å²) in [4.78, 5) is 11.8. The summed E-state index contributed by atoms with van der Waals surface area (Å²) >= 11 is 3.26. The molecule has 7 nitrogen and oxygen atoms in total. The molecule has 0 aromatic carbocycles. The van der Waals surface area contributed by atoms with Crippen molar-refractivity contribution in [2.24, 2.45) is 0 Å². The lowest BCUT2D eigenvalue weighted by Gasteiger charge is -2.16. The molecule has 3 aromatic rings. The summed E-state index contributed by atoms with van der Waals surface area (Å²) in [5.41, 5.74) is 7.54. The molecule has 1 aliphatic rings. The largest absolute Gasteiger partial charge is 0.383 e. The van der Waals surface area contributed by atoms with Gasteiger partial charge in [-0.05, 0) is 31.2 Å². The molecule has 0 radical (unpaired) electrons. The minimum absolute atomic E-state index is 0.158. The number of anilines is 1. The van der Waals surface area contributed by atoms with Crippen LogP contribution >= 0.6 is 23.1 Å². The van der Waals surface area contributed by atoms with E-state index in [-0.39, 0.29) is 5.41 Å². The molecule has 0 fully saturated rings. The van der Waals surface area contributed by atoms with Gasteiger partial charge in [0.05, 0.1) is 11.1 Å². The van der Waals surface area contributed by atoms with Crippen LogP contribution < -0.4 is 11.6 Å². The van der Waals surface area contributed by atoms with Crippen molar-refractivity contribution >= 4 is 39.1 Å². The van der Waals surface area contributed by atoms with Gasteiger partial charge < -0.3 is 11.6 Å². The van der Waals surface area contributed by atoms with Gasteiger partial charge in [0.15, 0.2) is 5.82 Å². The maximum Gasteiger partial charge on any atom is 0.210 e. The lowest BCUT2D eigenvalue weighted by molar-refractivity contribution is 0.523. The third-order valence-electron chi connectivity index (χ3n) is 4.80. The highest BCUT2D eigenvalue weighted by atomic mass is 32.2. The second-order valence-corrected chi connectivity index (χ2v) is 10.0. The molecule has 3 heterocycles.